The van der Waals surface area contributed by atoms with E-state index < -0.39 is 24.2 Å². The molecule has 8 atom stereocenters. The number of nitrogens with zero attached hydrogens (tertiary/aromatic N) is 1. The normalized spacial score (nSPS) is 27.5. The van der Waals surface area contributed by atoms with Crippen molar-refractivity contribution in [2.45, 2.75) is 127 Å². The third kappa shape index (κ3) is 11.3. The first-order chi connectivity index (χ1) is 23.6. The van der Waals surface area contributed by atoms with Gasteiger partial charge in [0.25, 0.3) is 0 Å². The predicted octanol–water partition coefficient (Wildman–Crippen LogP) is 2.26. The average Bonchev–Trinajstić information content (AvgIpc) is 3.54. The molecule has 4 aliphatic rings. The Labute approximate surface area is 290 Å². The third-order valence-corrected chi connectivity index (χ3v) is 10.5. The topological polar surface area (TPSA) is 182 Å². The maximum atomic E-state index is 13.1. The second-order valence-electron chi connectivity index (χ2n) is 14.2. The number of aliphatic hydroxyl groups excluding tert-OH is 2. The van der Waals surface area contributed by atoms with Crippen molar-refractivity contribution in [2.75, 3.05) is 33.4 Å². The molecule has 1 heterocycles. The van der Waals surface area contributed by atoms with E-state index in [9.17, 15) is 24.6 Å². The molecule has 13 nitrogen and oxygen atoms in total. The third-order valence-electron chi connectivity index (χ3n) is 10.5. The van der Waals surface area contributed by atoms with Crippen LogP contribution in [0.15, 0.2) is 35.1 Å². The summed E-state index contributed by atoms with van der Waals surface area (Å²) < 4.78 is 6.39. The number of nitrogens with one attached hydrogen (secondary N) is 4. The Morgan fingerprint density at radius 3 is 2.59 bits per heavy atom. The molecule has 1 aliphatic heterocycles. The maximum Gasteiger partial charge on any atom is 0.242 e. The lowest BCUT2D eigenvalue weighted by Gasteiger charge is -2.37. The summed E-state index contributed by atoms with van der Waals surface area (Å²) in [5.74, 6) is -0.560. The summed E-state index contributed by atoms with van der Waals surface area (Å²) in [6.07, 6.45) is 15.0. The van der Waals surface area contributed by atoms with Crippen LogP contribution in [0, 0.1) is 11.8 Å². The number of amides is 3. The lowest BCUT2D eigenvalue weighted by atomic mass is 9.86. The first-order valence-electron chi connectivity index (χ1n) is 18.2. The zero-order chi connectivity index (χ0) is 35.3. The van der Waals surface area contributed by atoms with Crippen LogP contribution in [0.3, 0.4) is 0 Å². The van der Waals surface area contributed by atoms with Gasteiger partial charge in [-0.05, 0) is 94.6 Å². The molecule has 0 radical (unpaired) electrons. The largest absolute Gasteiger partial charge is 0.396 e. The minimum absolute atomic E-state index is 0.00607. The predicted molar refractivity (Wildman–Crippen MR) is 185 cm³/mol. The molecule has 0 spiro atoms. The number of unbranched alkanes of at least 4 members (excludes halogenated alkanes) is 2. The molecule has 1 saturated heterocycles. The lowest BCUT2D eigenvalue weighted by molar-refractivity contribution is -0.242. The zero-order valence-electron chi connectivity index (χ0n) is 29.5. The van der Waals surface area contributed by atoms with Crippen LogP contribution >= 0.6 is 0 Å². The Morgan fingerprint density at radius 2 is 1.84 bits per heavy atom. The molecular formula is C36H59N5O8. The van der Waals surface area contributed by atoms with Crippen LogP contribution in [0.4, 0.5) is 0 Å². The number of ether oxygens (including phenoxy) is 1. The molecule has 4 rings (SSSR count). The van der Waals surface area contributed by atoms with E-state index >= 15 is 0 Å². The molecule has 1 fully saturated rings. The summed E-state index contributed by atoms with van der Waals surface area (Å²) in [5, 5.41) is 41.5. The minimum atomic E-state index is -0.826. The molecule has 3 amide bonds. The highest BCUT2D eigenvalue weighted by Gasteiger charge is 2.39. The van der Waals surface area contributed by atoms with Crippen LogP contribution in [0.5, 0.6) is 0 Å². The number of likely N-dealkylation sites (tertiary alicyclic amines) is 1. The molecule has 0 saturated carbocycles. The van der Waals surface area contributed by atoms with E-state index in [-0.39, 0.29) is 49.5 Å². The van der Waals surface area contributed by atoms with Gasteiger partial charge in [-0.25, -0.2) is 4.89 Å². The van der Waals surface area contributed by atoms with Crippen molar-refractivity contribution < 1.29 is 39.5 Å². The maximum absolute atomic E-state index is 13.1. The molecule has 7 N–H and O–H groups in total. The second kappa shape index (κ2) is 19.5. The fourth-order valence-electron chi connectivity index (χ4n) is 7.69. The Hall–Kier alpha value is -2.81. The van der Waals surface area contributed by atoms with Crippen molar-refractivity contribution >= 4 is 17.7 Å². The summed E-state index contributed by atoms with van der Waals surface area (Å²) >= 11 is 0. The van der Waals surface area contributed by atoms with E-state index in [4.69, 9.17) is 9.99 Å². The van der Waals surface area contributed by atoms with Gasteiger partial charge in [-0.2, -0.15) is 0 Å². The van der Waals surface area contributed by atoms with Gasteiger partial charge in [0.2, 0.25) is 17.7 Å². The Bertz CT molecular complexity index is 1210. The number of carbonyl (C=O) groups excluding carboxylic acids is 3. The van der Waals surface area contributed by atoms with Gasteiger partial charge < -0.3 is 36.2 Å². The minimum Gasteiger partial charge on any atom is -0.396 e. The Morgan fingerprint density at radius 1 is 1.04 bits per heavy atom. The standard InChI is InChI=1S/C36H59N5O8/c1-23(38-33(43)11-5-4-8-16-49-47)34(44)39-24(2)35(45)40-28-18-25(21-42)17-26(19-28)22-48-29-12-13-30(31(20-29)37-3)36(46)41-15-14-27-9-6-7-10-32(27)41/h6,9,19,23-25,27-29,32,36-37,42,46-47H,4-5,7-8,10-18,20-22H2,1-3H3,(H,38,43)(H,39,44)(H,40,45)/t23-,24-,25+,27?,28?,29+,32+,36?/m0/s1. The van der Waals surface area contributed by atoms with E-state index in [1.165, 1.54) is 0 Å². The van der Waals surface area contributed by atoms with Gasteiger partial charge in [0.05, 0.1) is 19.3 Å². The number of aliphatic hydroxyl groups is 2. The van der Waals surface area contributed by atoms with E-state index in [1.807, 2.05) is 13.1 Å². The SMILES string of the molecule is CNC1=C(C(O)N2CCC3C=CCC[C@H]32)CC[C@@H](OCC2=CC(NC(=O)[C@H](C)NC(=O)[C@H](C)NC(=O)CCCCCOO)C[C@H](CO)C2)C1. The summed E-state index contributed by atoms with van der Waals surface area (Å²) in [6.45, 7) is 4.68. The van der Waals surface area contributed by atoms with Crippen molar-refractivity contribution in [3.63, 3.8) is 0 Å². The van der Waals surface area contributed by atoms with E-state index in [2.05, 4.69) is 43.2 Å². The fourth-order valence-corrected chi connectivity index (χ4v) is 7.69. The molecule has 0 aromatic rings. The molecule has 276 valence electrons. The van der Waals surface area contributed by atoms with Crippen LogP contribution in [-0.2, 0) is 24.0 Å². The fraction of sp³-hybridized carbons (Fsp3) is 0.750. The Kier molecular flexibility index (Phi) is 15.6. The van der Waals surface area contributed by atoms with Gasteiger partial charge in [0, 0.05) is 50.8 Å². The van der Waals surface area contributed by atoms with Gasteiger partial charge in [-0.1, -0.05) is 24.6 Å². The lowest BCUT2D eigenvalue weighted by Crippen LogP contribution is -2.53. The van der Waals surface area contributed by atoms with Crippen LogP contribution < -0.4 is 21.3 Å². The van der Waals surface area contributed by atoms with E-state index in [0.717, 1.165) is 55.5 Å². The monoisotopic (exact) mass is 689 g/mol. The molecule has 0 aromatic heterocycles. The van der Waals surface area contributed by atoms with Crippen molar-refractivity contribution in [3.8, 4) is 0 Å². The molecule has 13 heteroatoms. The highest BCUT2D eigenvalue weighted by Crippen LogP contribution is 2.37. The summed E-state index contributed by atoms with van der Waals surface area (Å²) in [7, 11) is 1.91. The molecular weight excluding hydrogens is 630 g/mol. The first-order valence-corrected chi connectivity index (χ1v) is 18.2. The zero-order valence-corrected chi connectivity index (χ0v) is 29.5. The number of rotatable bonds is 18. The quantitative estimate of drug-likeness (QED) is 0.0488. The van der Waals surface area contributed by atoms with Crippen molar-refractivity contribution in [3.05, 3.63) is 35.1 Å². The number of hydrogen-bond acceptors (Lipinski definition) is 10. The van der Waals surface area contributed by atoms with Crippen molar-refractivity contribution in [1.82, 2.24) is 26.2 Å². The highest BCUT2D eigenvalue weighted by molar-refractivity contribution is 5.91. The number of hydrogen-bond donors (Lipinski definition) is 7. The van der Waals surface area contributed by atoms with Crippen LogP contribution in [0.2, 0.25) is 0 Å². The molecule has 3 aliphatic carbocycles. The van der Waals surface area contributed by atoms with Gasteiger partial charge in [0.15, 0.2) is 0 Å². The average molecular weight is 690 g/mol. The van der Waals surface area contributed by atoms with E-state index in [1.54, 1.807) is 13.8 Å². The number of carbonyl (C=O) groups is 3. The second-order valence-corrected chi connectivity index (χ2v) is 14.2. The van der Waals surface area contributed by atoms with Crippen LogP contribution in [0.1, 0.15) is 90.9 Å². The molecule has 0 bridgehead atoms. The molecule has 49 heavy (non-hydrogen) atoms. The first kappa shape index (κ1) is 39.0. The summed E-state index contributed by atoms with van der Waals surface area (Å²) in [6, 6.07) is -1.54. The van der Waals surface area contributed by atoms with E-state index in [0.29, 0.717) is 57.1 Å². The van der Waals surface area contributed by atoms with Gasteiger partial charge in [0.1, 0.15) is 18.3 Å². The summed E-state index contributed by atoms with van der Waals surface area (Å²) in [5.41, 5.74) is 3.13. The smallest absolute Gasteiger partial charge is 0.242 e. The highest BCUT2D eigenvalue weighted by atomic mass is 17.1. The van der Waals surface area contributed by atoms with Crippen molar-refractivity contribution in [1.29, 1.82) is 0 Å². The Balaban J connectivity index is 1.24. The van der Waals surface area contributed by atoms with Crippen LogP contribution in [-0.4, -0.2) is 108 Å². The van der Waals surface area contributed by atoms with Gasteiger partial charge >= 0.3 is 0 Å². The van der Waals surface area contributed by atoms with Gasteiger partial charge in [-0.15, -0.1) is 0 Å². The van der Waals surface area contributed by atoms with Crippen LogP contribution in [0.25, 0.3) is 0 Å². The number of fused-ring (bicyclic) bond motifs is 1. The van der Waals surface area contributed by atoms with Crippen molar-refractivity contribution in [2.24, 2.45) is 11.8 Å². The summed E-state index contributed by atoms with van der Waals surface area (Å²) in [4.78, 5) is 44.2. The number of allylic oxidation sites excluding steroid dienone is 1. The van der Waals surface area contributed by atoms with Gasteiger partial charge in [-0.3, -0.25) is 24.5 Å². The molecule has 0 aromatic carbocycles. The molecule has 3 unspecified atom stereocenters.